The lowest BCUT2D eigenvalue weighted by atomic mass is 9.93. The number of ether oxygens (including phenoxy) is 1. The van der Waals surface area contributed by atoms with Crippen molar-refractivity contribution in [1.82, 2.24) is 24.6 Å². The summed E-state index contributed by atoms with van der Waals surface area (Å²) in [5.74, 6) is 1.68. The van der Waals surface area contributed by atoms with Gasteiger partial charge in [0.05, 0.1) is 12.5 Å². The molecule has 156 valence electrons. The van der Waals surface area contributed by atoms with E-state index in [1.165, 1.54) is 6.42 Å². The van der Waals surface area contributed by atoms with E-state index in [1.807, 2.05) is 0 Å². The van der Waals surface area contributed by atoms with Crippen molar-refractivity contribution in [2.24, 2.45) is 5.73 Å². The Bertz CT molecular complexity index is 664. The zero-order valence-corrected chi connectivity index (χ0v) is 17.1. The summed E-state index contributed by atoms with van der Waals surface area (Å²) in [5, 5.41) is 4.76. The topological polar surface area (TPSA) is 89.5 Å². The molecular formula is C20H34N6O2. The van der Waals surface area contributed by atoms with Gasteiger partial charge >= 0.3 is 0 Å². The van der Waals surface area contributed by atoms with Crippen molar-refractivity contribution in [2.75, 3.05) is 46.4 Å². The SMILES string of the molecule is CN1CCC(n2nc(CC(N)=O)nc2C2CCCN(C3CCOCC3)C2)CC1. The molecule has 1 unspecified atom stereocenters. The number of primary amides is 1. The summed E-state index contributed by atoms with van der Waals surface area (Å²) < 4.78 is 7.70. The Kier molecular flexibility index (Phi) is 6.28. The van der Waals surface area contributed by atoms with Gasteiger partial charge in [0.1, 0.15) is 5.82 Å². The third kappa shape index (κ3) is 4.55. The molecule has 4 heterocycles. The minimum Gasteiger partial charge on any atom is -0.381 e. The van der Waals surface area contributed by atoms with Gasteiger partial charge in [-0.3, -0.25) is 9.69 Å². The quantitative estimate of drug-likeness (QED) is 0.805. The molecule has 1 aromatic heterocycles. The van der Waals surface area contributed by atoms with Crippen LogP contribution in [0.5, 0.6) is 0 Å². The fraction of sp³-hybridized carbons (Fsp3) is 0.850. The summed E-state index contributed by atoms with van der Waals surface area (Å²) in [6.45, 7) is 6.10. The smallest absolute Gasteiger partial charge is 0.225 e. The first-order chi connectivity index (χ1) is 13.6. The van der Waals surface area contributed by atoms with Crippen LogP contribution in [0.3, 0.4) is 0 Å². The number of hydrogen-bond acceptors (Lipinski definition) is 6. The summed E-state index contributed by atoms with van der Waals surface area (Å²) in [6.07, 6.45) is 6.87. The lowest BCUT2D eigenvalue weighted by Crippen LogP contribution is -2.45. The number of nitrogens with zero attached hydrogens (tertiary/aromatic N) is 5. The highest BCUT2D eigenvalue weighted by molar-refractivity contribution is 5.75. The summed E-state index contributed by atoms with van der Waals surface area (Å²) in [5.41, 5.74) is 5.42. The van der Waals surface area contributed by atoms with E-state index in [4.69, 9.17) is 20.6 Å². The highest BCUT2D eigenvalue weighted by Gasteiger charge is 2.33. The molecule has 3 fully saturated rings. The first-order valence-corrected chi connectivity index (χ1v) is 10.8. The fourth-order valence-corrected chi connectivity index (χ4v) is 5.00. The second-order valence-corrected chi connectivity index (χ2v) is 8.69. The predicted octanol–water partition coefficient (Wildman–Crippen LogP) is 0.931. The first-order valence-electron chi connectivity index (χ1n) is 10.8. The third-order valence-electron chi connectivity index (χ3n) is 6.59. The van der Waals surface area contributed by atoms with E-state index in [9.17, 15) is 4.79 Å². The molecule has 0 aliphatic carbocycles. The number of piperidine rings is 2. The molecule has 0 spiro atoms. The standard InChI is InChI=1S/C20H34N6O2/c1-24-9-4-17(5-10-24)26-20(22-19(23-26)13-18(21)27)15-3-2-8-25(14-15)16-6-11-28-12-7-16/h15-17H,2-14H2,1H3,(H2,21,27). The van der Waals surface area contributed by atoms with Crippen LogP contribution in [0.25, 0.3) is 0 Å². The van der Waals surface area contributed by atoms with E-state index in [1.54, 1.807) is 0 Å². The fourth-order valence-electron chi connectivity index (χ4n) is 5.00. The molecule has 4 rings (SSSR count). The maximum atomic E-state index is 11.4. The first kappa shape index (κ1) is 19.8. The lowest BCUT2D eigenvalue weighted by Gasteiger charge is -2.40. The van der Waals surface area contributed by atoms with Crippen molar-refractivity contribution >= 4 is 5.91 Å². The maximum absolute atomic E-state index is 11.4. The molecule has 0 aromatic carbocycles. The predicted molar refractivity (Wildman–Crippen MR) is 106 cm³/mol. The average molecular weight is 391 g/mol. The third-order valence-corrected chi connectivity index (χ3v) is 6.59. The minimum absolute atomic E-state index is 0.128. The minimum atomic E-state index is -0.362. The van der Waals surface area contributed by atoms with E-state index in [0.29, 0.717) is 23.8 Å². The second-order valence-electron chi connectivity index (χ2n) is 8.69. The van der Waals surface area contributed by atoms with Crippen LogP contribution in [0.2, 0.25) is 0 Å². The highest BCUT2D eigenvalue weighted by atomic mass is 16.5. The van der Waals surface area contributed by atoms with Gasteiger partial charge in [0.25, 0.3) is 0 Å². The van der Waals surface area contributed by atoms with E-state index < -0.39 is 0 Å². The molecule has 8 nitrogen and oxygen atoms in total. The molecule has 8 heteroatoms. The zero-order chi connectivity index (χ0) is 19.5. The van der Waals surface area contributed by atoms with Gasteiger partial charge in [-0.25, -0.2) is 9.67 Å². The van der Waals surface area contributed by atoms with Gasteiger partial charge < -0.3 is 15.4 Å². The molecule has 1 amide bonds. The Morgan fingerprint density at radius 2 is 1.86 bits per heavy atom. The largest absolute Gasteiger partial charge is 0.381 e. The molecular weight excluding hydrogens is 356 g/mol. The molecule has 28 heavy (non-hydrogen) atoms. The van der Waals surface area contributed by atoms with Crippen molar-refractivity contribution < 1.29 is 9.53 Å². The van der Waals surface area contributed by atoms with Gasteiger partial charge in [0.2, 0.25) is 5.91 Å². The molecule has 1 aromatic rings. The molecule has 0 saturated carbocycles. The molecule has 0 bridgehead atoms. The van der Waals surface area contributed by atoms with Crippen LogP contribution in [-0.2, 0) is 16.0 Å². The van der Waals surface area contributed by atoms with E-state index in [0.717, 1.165) is 77.3 Å². The van der Waals surface area contributed by atoms with Crippen LogP contribution in [0.15, 0.2) is 0 Å². The summed E-state index contributed by atoms with van der Waals surface area (Å²) in [7, 11) is 2.17. The van der Waals surface area contributed by atoms with Crippen LogP contribution in [0.1, 0.15) is 62.1 Å². The Hall–Kier alpha value is -1.51. The van der Waals surface area contributed by atoms with Gasteiger partial charge in [-0.15, -0.1) is 0 Å². The Labute approximate surface area is 167 Å². The normalized spacial score (nSPS) is 26.5. The van der Waals surface area contributed by atoms with Crippen molar-refractivity contribution in [3.8, 4) is 0 Å². The highest BCUT2D eigenvalue weighted by Crippen LogP contribution is 2.32. The lowest BCUT2D eigenvalue weighted by molar-refractivity contribution is -0.117. The number of nitrogens with two attached hydrogens (primary N) is 1. The molecule has 3 aliphatic rings. The number of rotatable bonds is 5. The molecule has 3 aliphatic heterocycles. The molecule has 2 N–H and O–H groups in total. The summed E-state index contributed by atoms with van der Waals surface area (Å²) in [4.78, 5) is 21.3. The van der Waals surface area contributed by atoms with Gasteiger partial charge in [-0.05, 0) is 65.2 Å². The Morgan fingerprint density at radius 3 is 2.57 bits per heavy atom. The Morgan fingerprint density at radius 1 is 1.11 bits per heavy atom. The average Bonchev–Trinajstić information content (AvgIpc) is 3.12. The second kappa shape index (κ2) is 8.88. The van der Waals surface area contributed by atoms with Crippen LogP contribution in [0.4, 0.5) is 0 Å². The van der Waals surface area contributed by atoms with E-state index in [-0.39, 0.29) is 12.3 Å². The molecule has 3 saturated heterocycles. The molecule has 0 radical (unpaired) electrons. The number of likely N-dealkylation sites (tertiary alicyclic amines) is 2. The Balaban J connectivity index is 1.54. The summed E-state index contributed by atoms with van der Waals surface area (Å²) in [6, 6.07) is 1.00. The monoisotopic (exact) mass is 390 g/mol. The number of hydrogen-bond donors (Lipinski definition) is 1. The van der Waals surface area contributed by atoms with E-state index in [2.05, 4.69) is 21.5 Å². The van der Waals surface area contributed by atoms with Crippen molar-refractivity contribution in [3.05, 3.63) is 11.6 Å². The van der Waals surface area contributed by atoms with Crippen LogP contribution >= 0.6 is 0 Å². The van der Waals surface area contributed by atoms with Crippen molar-refractivity contribution in [2.45, 2.75) is 62.9 Å². The number of aromatic nitrogens is 3. The zero-order valence-electron chi connectivity index (χ0n) is 17.1. The van der Waals surface area contributed by atoms with Crippen LogP contribution in [-0.4, -0.2) is 83.0 Å². The van der Waals surface area contributed by atoms with Gasteiger partial charge in [-0.2, -0.15) is 5.10 Å². The van der Waals surface area contributed by atoms with E-state index >= 15 is 0 Å². The van der Waals surface area contributed by atoms with Gasteiger partial charge in [-0.1, -0.05) is 0 Å². The number of carbonyl (C=O) groups is 1. The van der Waals surface area contributed by atoms with Gasteiger partial charge in [0, 0.05) is 31.7 Å². The van der Waals surface area contributed by atoms with Crippen LogP contribution in [0, 0.1) is 0 Å². The van der Waals surface area contributed by atoms with Crippen molar-refractivity contribution in [3.63, 3.8) is 0 Å². The van der Waals surface area contributed by atoms with Crippen molar-refractivity contribution in [1.29, 1.82) is 0 Å². The number of carbonyl (C=O) groups excluding carboxylic acids is 1. The van der Waals surface area contributed by atoms with Gasteiger partial charge in [0.15, 0.2) is 5.82 Å². The number of amides is 1. The molecule has 1 atom stereocenters. The summed E-state index contributed by atoms with van der Waals surface area (Å²) >= 11 is 0. The maximum Gasteiger partial charge on any atom is 0.225 e. The van der Waals surface area contributed by atoms with Crippen LogP contribution < -0.4 is 5.73 Å².